The number of hydrogen-bond acceptors (Lipinski definition) is 1. The SMILES string of the molecule is CC(C)COC(C)(C)CBr. The summed E-state index contributed by atoms with van der Waals surface area (Å²) in [6.45, 7) is 9.33. The molecule has 0 spiro atoms. The molecule has 0 atom stereocenters. The van der Waals surface area contributed by atoms with Crippen LogP contribution in [0.5, 0.6) is 0 Å². The number of hydrogen-bond donors (Lipinski definition) is 0. The molecule has 0 radical (unpaired) electrons. The molecule has 0 fully saturated rings. The monoisotopic (exact) mass is 208 g/mol. The maximum atomic E-state index is 5.59. The minimum atomic E-state index is -0.00965. The lowest BCUT2D eigenvalue weighted by Crippen LogP contribution is -2.27. The molecule has 0 aliphatic carbocycles. The summed E-state index contributed by atoms with van der Waals surface area (Å²) in [6, 6.07) is 0. The van der Waals surface area contributed by atoms with Crippen molar-refractivity contribution in [3.05, 3.63) is 0 Å². The summed E-state index contributed by atoms with van der Waals surface area (Å²) in [5.41, 5.74) is -0.00965. The molecule has 0 rings (SSSR count). The van der Waals surface area contributed by atoms with E-state index in [-0.39, 0.29) is 5.60 Å². The van der Waals surface area contributed by atoms with E-state index in [1.807, 2.05) is 0 Å². The Labute approximate surface area is 72.3 Å². The van der Waals surface area contributed by atoms with Gasteiger partial charge in [0.15, 0.2) is 0 Å². The smallest absolute Gasteiger partial charge is 0.0723 e. The molecule has 0 N–H and O–H groups in total. The van der Waals surface area contributed by atoms with Gasteiger partial charge in [-0.25, -0.2) is 0 Å². The predicted octanol–water partition coefficient (Wildman–Crippen LogP) is 2.83. The number of rotatable bonds is 4. The Morgan fingerprint density at radius 2 is 1.90 bits per heavy atom. The summed E-state index contributed by atoms with van der Waals surface area (Å²) < 4.78 is 5.59. The van der Waals surface area contributed by atoms with Crippen LogP contribution in [0.1, 0.15) is 27.7 Å². The normalized spacial score (nSPS) is 12.6. The van der Waals surface area contributed by atoms with Crippen molar-refractivity contribution in [1.29, 1.82) is 0 Å². The molecule has 0 unspecified atom stereocenters. The molecule has 62 valence electrons. The summed E-state index contributed by atoms with van der Waals surface area (Å²) >= 11 is 3.40. The Morgan fingerprint density at radius 3 is 2.20 bits per heavy atom. The standard InChI is InChI=1S/C8H17BrO/c1-7(2)5-10-8(3,4)6-9/h7H,5-6H2,1-4H3. The van der Waals surface area contributed by atoms with Crippen molar-refractivity contribution in [2.75, 3.05) is 11.9 Å². The van der Waals surface area contributed by atoms with Gasteiger partial charge in [0, 0.05) is 11.9 Å². The van der Waals surface area contributed by atoms with Crippen molar-refractivity contribution in [3.8, 4) is 0 Å². The lowest BCUT2D eigenvalue weighted by atomic mass is 10.2. The fourth-order valence-corrected chi connectivity index (χ4v) is 0.593. The van der Waals surface area contributed by atoms with E-state index in [0.717, 1.165) is 11.9 Å². The van der Waals surface area contributed by atoms with Crippen LogP contribution in [-0.4, -0.2) is 17.5 Å². The van der Waals surface area contributed by atoms with Crippen LogP contribution >= 0.6 is 15.9 Å². The van der Waals surface area contributed by atoms with Crippen molar-refractivity contribution >= 4 is 15.9 Å². The molecule has 10 heavy (non-hydrogen) atoms. The average Bonchev–Trinajstić information content (AvgIpc) is 1.85. The fraction of sp³-hybridized carbons (Fsp3) is 1.00. The Kier molecular flexibility index (Phi) is 4.54. The van der Waals surface area contributed by atoms with Gasteiger partial charge < -0.3 is 4.74 Å². The fourth-order valence-electron chi connectivity index (χ4n) is 0.431. The van der Waals surface area contributed by atoms with Crippen LogP contribution in [0, 0.1) is 5.92 Å². The molecule has 0 aliphatic heterocycles. The molecule has 0 aromatic carbocycles. The van der Waals surface area contributed by atoms with Crippen molar-refractivity contribution in [2.24, 2.45) is 5.92 Å². The molecule has 0 amide bonds. The molecule has 0 aliphatic rings. The third-order valence-electron chi connectivity index (χ3n) is 1.13. The Hall–Kier alpha value is 0.440. The van der Waals surface area contributed by atoms with E-state index < -0.39 is 0 Å². The highest BCUT2D eigenvalue weighted by Crippen LogP contribution is 2.13. The third-order valence-corrected chi connectivity index (χ3v) is 2.48. The zero-order valence-electron chi connectivity index (χ0n) is 7.28. The first-order valence-corrected chi connectivity index (χ1v) is 4.80. The van der Waals surface area contributed by atoms with Crippen molar-refractivity contribution in [2.45, 2.75) is 33.3 Å². The molecule has 0 bridgehead atoms. The summed E-state index contributed by atoms with van der Waals surface area (Å²) in [7, 11) is 0. The number of halogens is 1. The van der Waals surface area contributed by atoms with Gasteiger partial charge in [-0.05, 0) is 19.8 Å². The second-order valence-corrected chi connectivity index (χ2v) is 4.16. The molecular weight excluding hydrogens is 192 g/mol. The number of ether oxygens (including phenoxy) is 1. The van der Waals surface area contributed by atoms with Crippen molar-refractivity contribution in [3.63, 3.8) is 0 Å². The van der Waals surface area contributed by atoms with Crippen molar-refractivity contribution < 1.29 is 4.74 Å². The third kappa shape index (κ3) is 5.24. The minimum absolute atomic E-state index is 0.00965. The van der Waals surface area contributed by atoms with E-state index in [2.05, 4.69) is 43.6 Å². The average molecular weight is 209 g/mol. The van der Waals surface area contributed by atoms with E-state index in [1.54, 1.807) is 0 Å². The van der Waals surface area contributed by atoms with Crippen molar-refractivity contribution in [1.82, 2.24) is 0 Å². The summed E-state index contributed by atoms with van der Waals surface area (Å²) in [5.74, 6) is 0.623. The van der Waals surface area contributed by atoms with Crippen LogP contribution in [0.4, 0.5) is 0 Å². The first-order chi connectivity index (χ1) is 4.48. The quantitative estimate of drug-likeness (QED) is 0.647. The highest BCUT2D eigenvalue weighted by Gasteiger charge is 2.16. The van der Waals surface area contributed by atoms with E-state index in [4.69, 9.17) is 4.74 Å². The molecule has 0 saturated heterocycles. The molecule has 0 aromatic rings. The summed E-state index contributed by atoms with van der Waals surface area (Å²) in [5, 5.41) is 0.896. The maximum Gasteiger partial charge on any atom is 0.0723 e. The lowest BCUT2D eigenvalue weighted by Gasteiger charge is -2.23. The van der Waals surface area contributed by atoms with Gasteiger partial charge in [-0.15, -0.1) is 0 Å². The van der Waals surface area contributed by atoms with Crippen LogP contribution in [0.3, 0.4) is 0 Å². The molecular formula is C8H17BrO. The van der Waals surface area contributed by atoms with Crippen LogP contribution in [0.2, 0.25) is 0 Å². The molecule has 2 heteroatoms. The lowest BCUT2D eigenvalue weighted by molar-refractivity contribution is -0.0124. The zero-order valence-corrected chi connectivity index (χ0v) is 8.86. The van der Waals surface area contributed by atoms with E-state index >= 15 is 0 Å². The highest BCUT2D eigenvalue weighted by molar-refractivity contribution is 9.09. The van der Waals surface area contributed by atoms with Crippen LogP contribution < -0.4 is 0 Å². The van der Waals surface area contributed by atoms with E-state index in [9.17, 15) is 0 Å². The van der Waals surface area contributed by atoms with Gasteiger partial charge in [0.1, 0.15) is 0 Å². The topological polar surface area (TPSA) is 9.23 Å². The first kappa shape index (κ1) is 10.4. The second-order valence-electron chi connectivity index (χ2n) is 3.60. The second kappa shape index (κ2) is 4.35. The predicted molar refractivity (Wildman–Crippen MR) is 48.7 cm³/mol. The van der Waals surface area contributed by atoms with Gasteiger partial charge >= 0.3 is 0 Å². The largest absolute Gasteiger partial charge is 0.374 e. The van der Waals surface area contributed by atoms with Crippen LogP contribution in [0.15, 0.2) is 0 Å². The van der Waals surface area contributed by atoms with E-state index in [0.29, 0.717) is 5.92 Å². The summed E-state index contributed by atoms with van der Waals surface area (Å²) in [4.78, 5) is 0. The van der Waals surface area contributed by atoms with Gasteiger partial charge in [-0.1, -0.05) is 29.8 Å². The van der Waals surface area contributed by atoms with E-state index in [1.165, 1.54) is 0 Å². The molecule has 0 saturated carbocycles. The van der Waals surface area contributed by atoms with Gasteiger partial charge in [0.2, 0.25) is 0 Å². The maximum absolute atomic E-state index is 5.59. The zero-order chi connectivity index (χ0) is 8.20. The van der Waals surface area contributed by atoms with Gasteiger partial charge in [0.05, 0.1) is 5.60 Å². The molecule has 0 aromatic heterocycles. The van der Waals surface area contributed by atoms with Gasteiger partial charge in [-0.3, -0.25) is 0 Å². The molecule has 0 heterocycles. The Bertz CT molecular complexity index is 89.3. The summed E-state index contributed by atoms with van der Waals surface area (Å²) in [6.07, 6.45) is 0. The highest BCUT2D eigenvalue weighted by atomic mass is 79.9. The Balaban J connectivity index is 3.46. The minimum Gasteiger partial charge on any atom is -0.374 e. The Morgan fingerprint density at radius 1 is 1.40 bits per heavy atom. The number of alkyl halides is 1. The van der Waals surface area contributed by atoms with Crippen LogP contribution in [0.25, 0.3) is 0 Å². The van der Waals surface area contributed by atoms with Gasteiger partial charge in [0.25, 0.3) is 0 Å². The first-order valence-electron chi connectivity index (χ1n) is 3.68. The van der Waals surface area contributed by atoms with Crippen LogP contribution in [-0.2, 0) is 4.74 Å². The molecule has 1 nitrogen and oxygen atoms in total. The van der Waals surface area contributed by atoms with Gasteiger partial charge in [-0.2, -0.15) is 0 Å².